The summed E-state index contributed by atoms with van der Waals surface area (Å²) in [6.07, 6.45) is 10.1. The van der Waals surface area contributed by atoms with Crippen molar-refractivity contribution in [3.05, 3.63) is 0 Å². The van der Waals surface area contributed by atoms with Crippen molar-refractivity contribution in [2.45, 2.75) is 63.5 Å². The molecule has 2 atom stereocenters. The highest BCUT2D eigenvalue weighted by Gasteiger charge is 2.45. The molecule has 3 aliphatic rings. The Labute approximate surface area is 110 Å². The largest absolute Gasteiger partial charge is 0.395 e. The summed E-state index contributed by atoms with van der Waals surface area (Å²) in [4.78, 5) is 2.43. The van der Waals surface area contributed by atoms with E-state index in [2.05, 4.69) is 4.90 Å². The van der Waals surface area contributed by atoms with E-state index in [9.17, 15) is 10.2 Å². The molecule has 3 nitrogen and oxygen atoms in total. The van der Waals surface area contributed by atoms with Gasteiger partial charge in [-0.15, -0.1) is 0 Å². The van der Waals surface area contributed by atoms with Crippen molar-refractivity contribution in [1.82, 2.24) is 4.90 Å². The van der Waals surface area contributed by atoms with Gasteiger partial charge in [-0.2, -0.15) is 0 Å². The number of nitrogens with zero attached hydrogens (tertiary/aromatic N) is 1. The van der Waals surface area contributed by atoms with Gasteiger partial charge in [0.2, 0.25) is 0 Å². The molecule has 0 aromatic heterocycles. The monoisotopic (exact) mass is 253 g/mol. The first kappa shape index (κ1) is 12.9. The van der Waals surface area contributed by atoms with Crippen LogP contribution < -0.4 is 0 Å². The van der Waals surface area contributed by atoms with Gasteiger partial charge in [0, 0.05) is 19.1 Å². The summed E-state index contributed by atoms with van der Waals surface area (Å²) < 4.78 is 0. The molecule has 0 radical (unpaired) electrons. The summed E-state index contributed by atoms with van der Waals surface area (Å²) in [6.45, 7) is 2.32. The lowest BCUT2D eigenvalue weighted by Gasteiger charge is -2.40. The van der Waals surface area contributed by atoms with Crippen molar-refractivity contribution < 1.29 is 10.2 Å². The van der Waals surface area contributed by atoms with Crippen molar-refractivity contribution in [2.24, 2.45) is 11.3 Å². The van der Waals surface area contributed by atoms with E-state index in [1.807, 2.05) is 0 Å². The topological polar surface area (TPSA) is 43.7 Å². The molecule has 18 heavy (non-hydrogen) atoms. The third-order valence-corrected chi connectivity index (χ3v) is 5.64. The Morgan fingerprint density at radius 3 is 2.39 bits per heavy atom. The first-order valence-corrected chi connectivity index (χ1v) is 7.74. The fraction of sp³-hybridized carbons (Fsp3) is 1.00. The van der Waals surface area contributed by atoms with Crippen molar-refractivity contribution in [3.63, 3.8) is 0 Å². The van der Waals surface area contributed by atoms with Crippen LogP contribution in [-0.4, -0.2) is 47.0 Å². The predicted octanol–water partition coefficient (Wildman–Crippen LogP) is 1.77. The van der Waals surface area contributed by atoms with Crippen LogP contribution in [0.1, 0.15) is 51.4 Å². The molecule has 2 N–H and O–H groups in total. The van der Waals surface area contributed by atoms with Crippen LogP contribution in [0.15, 0.2) is 0 Å². The highest BCUT2D eigenvalue weighted by atomic mass is 16.3. The second-order valence-corrected chi connectivity index (χ2v) is 6.95. The number of aliphatic hydroxyl groups excluding tert-OH is 2. The second-order valence-electron chi connectivity index (χ2n) is 6.95. The first-order valence-electron chi connectivity index (χ1n) is 7.74. The average Bonchev–Trinajstić information content (AvgIpc) is 3.14. The molecule has 1 aliphatic heterocycles. The quantitative estimate of drug-likeness (QED) is 0.805. The van der Waals surface area contributed by atoms with E-state index < -0.39 is 0 Å². The predicted molar refractivity (Wildman–Crippen MR) is 71.3 cm³/mol. The summed E-state index contributed by atoms with van der Waals surface area (Å²) in [5, 5.41) is 19.1. The van der Waals surface area contributed by atoms with E-state index in [-0.39, 0.29) is 18.8 Å². The zero-order chi connectivity index (χ0) is 12.6. The van der Waals surface area contributed by atoms with Gasteiger partial charge in [-0.25, -0.2) is 0 Å². The smallest absolute Gasteiger partial charge is 0.0587 e. The first-order chi connectivity index (χ1) is 8.71. The van der Waals surface area contributed by atoms with Crippen molar-refractivity contribution >= 4 is 0 Å². The molecule has 2 aliphatic carbocycles. The number of piperidine rings is 1. The van der Waals surface area contributed by atoms with Crippen LogP contribution in [0.4, 0.5) is 0 Å². The third kappa shape index (κ3) is 2.73. The maximum atomic E-state index is 9.67. The number of likely N-dealkylation sites (tertiary alicyclic amines) is 1. The number of hydrogen-bond acceptors (Lipinski definition) is 3. The summed E-state index contributed by atoms with van der Waals surface area (Å²) in [6, 6.07) is 0.200. The molecular formula is C15H27NO2. The molecule has 104 valence electrons. The number of aliphatic hydroxyl groups is 2. The van der Waals surface area contributed by atoms with Crippen LogP contribution in [0.5, 0.6) is 0 Å². The summed E-state index contributed by atoms with van der Waals surface area (Å²) in [5.41, 5.74) is 0.783. The fourth-order valence-corrected chi connectivity index (χ4v) is 3.99. The summed E-state index contributed by atoms with van der Waals surface area (Å²) >= 11 is 0. The van der Waals surface area contributed by atoms with Gasteiger partial charge in [-0.3, -0.25) is 4.90 Å². The molecule has 3 heteroatoms. The minimum absolute atomic E-state index is 0.195. The molecule has 2 saturated carbocycles. The molecule has 0 bridgehead atoms. The Bertz CT molecular complexity index is 280. The standard InChI is InChI=1S/C15H27NO2/c17-11-13-9-14(18)3-8-16(13)10-12-1-4-15(5-2-12)6-7-15/h12-14,17-18H,1-11H2. The Hall–Kier alpha value is -0.120. The van der Waals surface area contributed by atoms with E-state index in [0.29, 0.717) is 0 Å². The highest BCUT2D eigenvalue weighted by Crippen LogP contribution is 2.57. The van der Waals surface area contributed by atoms with Crippen molar-refractivity contribution in [1.29, 1.82) is 0 Å². The Balaban J connectivity index is 1.49. The molecule has 0 aromatic rings. The molecule has 3 fully saturated rings. The Morgan fingerprint density at radius 2 is 1.78 bits per heavy atom. The fourth-order valence-electron chi connectivity index (χ4n) is 3.99. The van der Waals surface area contributed by atoms with Crippen molar-refractivity contribution in [2.75, 3.05) is 19.7 Å². The van der Waals surface area contributed by atoms with Crippen LogP contribution >= 0.6 is 0 Å². The number of rotatable bonds is 3. The Kier molecular flexibility index (Phi) is 3.65. The van der Waals surface area contributed by atoms with E-state index in [1.165, 1.54) is 38.5 Å². The van der Waals surface area contributed by atoms with Crippen LogP contribution in [-0.2, 0) is 0 Å². The molecular weight excluding hydrogens is 226 g/mol. The maximum absolute atomic E-state index is 9.67. The molecule has 1 heterocycles. The molecule has 1 spiro atoms. The van der Waals surface area contributed by atoms with E-state index >= 15 is 0 Å². The van der Waals surface area contributed by atoms with Gasteiger partial charge in [-0.1, -0.05) is 0 Å². The van der Waals surface area contributed by atoms with Gasteiger partial charge in [0.1, 0.15) is 0 Å². The maximum Gasteiger partial charge on any atom is 0.0587 e. The second kappa shape index (κ2) is 5.10. The van der Waals surface area contributed by atoms with E-state index in [1.54, 1.807) is 0 Å². The van der Waals surface area contributed by atoms with Gasteiger partial charge in [-0.05, 0) is 62.7 Å². The summed E-state index contributed by atoms with van der Waals surface area (Å²) in [5.74, 6) is 0.834. The van der Waals surface area contributed by atoms with Gasteiger partial charge in [0.25, 0.3) is 0 Å². The minimum atomic E-state index is -0.195. The van der Waals surface area contributed by atoms with Gasteiger partial charge in [0.15, 0.2) is 0 Å². The lowest BCUT2D eigenvalue weighted by atomic mass is 9.79. The van der Waals surface area contributed by atoms with Crippen LogP contribution in [0.25, 0.3) is 0 Å². The summed E-state index contributed by atoms with van der Waals surface area (Å²) in [7, 11) is 0. The molecule has 0 aromatic carbocycles. The van der Waals surface area contributed by atoms with E-state index in [4.69, 9.17) is 0 Å². The Morgan fingerprint density at radius 1 is 1.06 bits per heavy atom. The lowest BCUT2D eigenvalue weighted by molar-refractivity contribution is 0.00506. The van der Waals surface area contributed by atoms with Gasteiger partial charge < -0.3 is 10.2 Å². The van der Waals surface area contributed by atoms with E-state index in [0.717, 1.165) is 37.3 Å². The van der Waals surface area contributed by atoms with Gasteiger partial charge in [0.05, 0.1) is 12.7 Å². The molecule has 3 rings (SSSR count). The third-order valence-electron chi connectivity index (χ3n) is 5.64. The lowest BCUT2D eigenvalue weighted by Crippen LogP contribution is -2.48. The van der Waals surface area contributed by atoms with Crippen molar-refractivity contribution in [3.8, 4) is 0 Å². The van der Waals surface area contributed by atoms with Crippen LogP contribution in [0.3, 0.4) is 0 Å². The molecule has 1 saturated heterocycles. The van der Waals surface area contributed by atoms with Crippen LogP contribution in [0, 0.1) is 11.3 Å². The van der Waals surface area contributed by atoms with Gasteiger partial charge >= 0.3 is 0 Å². The zero-order valence-electron chi connectivity index (χ0n) is 11.4. The molecule has 2 unspecified atom stereocenters. The minimum Gasteiger partial charge on any atom is -0.395 e. The SMILES string of the molecule is OCC1CC(O)CCN1CC1CCC2(CC1)CC2. The zero-order valence-corrected chi connectivity index (χ0v) is 11.4. The normalized spacial score (nSPS) is 37.0. The number of hydrogen-bond donors (Lipinski definition) is 2. The molecule has 0 amide bonds. The average molecular weight is 253 g/mol. The van der Waals surface area contributed by atoms with Crippen LogP contribution in [0.2, 0.25) is 0 Å². The highest BCUT2D eigenvalue weighted by molar-refractivity contribution is 4.97.